The average molecular weight is 626 g/mol. The van der Waals surface area contributed by atoms with E-state index in [1.807, 2.05) is 13.0 Å². The maximum atomic E-state index is 13.8. The van der Waals surface area contributed by atoms with Gasteiger partial charge < -0.3 is 29.7 Å². The Morgan fingerprint density at radius 2 is 1.33 bits per heavy atom. The fraction of sp³-hybridized carbons (Fsp3) is 0.378. The van der Waals surface area contributed by atoms with Crippen molar-refractivity contribution >= 4 is 60.6 Å². The number of fused-ring (bicyclic) bond motifs is 1. The zero-order chi connectivity index (χ0) is 33.0. The van der Waals surface area contributed by atoms with Crippen LogP contribution in [-0.2, 0) is 4.79 Å². The van der Waals surface area contributed by atoms with Gasteiger partial charge in [-0.1, -0.05) is 50.7 Å². The number of allylic oxidation sites excluding steroid dienone is 1. The molecule has 5 aromatic rings. The molecule has 6 rings (SSSR count). The molecule has 0 saturated carbocycles. The number of benzene rings is 5. The van der Waals surface area contributed by atoms with E-state index in [1.54, 1.807) is 0 Å². The first-order valence-electron chi connectivity index (χ1n) is 15.8. The Bertz CT molecular complexity index is 2190. The first kappa shape index (κ1) is 31.2. The largest absolute Gasteiger partial charge is 0.505 e. The highest BCUT2D eigenvalue weighted by Gasteiger charge is 2.37. The molecule has 0 heterocycles. The minimum atomic E-state index is -0.857. The Labute approximate surface area is 266 Å². The number of methoxy groups -OCH3 is 3. The molecule has 1 aliphatic carbocycles. The minimum absolute atomic E-state index is 0.000853. The van der Waals surface area contributed by atoms with Crippen LogP contribution in [0.5, 0.6) is 28.7 Å². The lowest BCUT2D eigenvalue weighted by Gasteiger charge is -2.25. The molecular weight excluding hydrogens is 586 g/mol. The Morgan fingerprint density at radius 1 is 0.761 bits per heavy atom. The van der Waals surface area contributed by atoms with Gasteiger partial charge in [0.2, 0.25) is 0 Å². The fourth-order valence-electron chi connectivity index (χ4n) is 7.57. The van der Waals surface area contributed by atoms with E-state index in [0.29, 0.717) is 61.2 Å². The van der Waals surface area contributed by atoms with Crippen LogP contribution in [0.1, 0.15) is 76.3 Å². The van der Waals surface area contributed by atoms with Crippen LogP contribution in [0.25, 0.3) is 49.2 Å². The van der Waals surface area contributed by atoms with E-state index in [1.165, 1.54) is 46.8 Å². The van der Waals surface area contributed by atoms with E-state index in [4.69, 9.17) is 14.2 Å². The first-order valence-corrected chi connectivity index (χ1v) is 15.8. The molecule has 1 atom stereocenters. The summed E-state index contributed by atoms with van der Waals surface area (Å²) >= 11 is 0. The van der Waals surface area contributed by atoms with Crippen LogP contribution in [0, 0.1) is 0 Å². The lowest BCUT2D eigenvalue weighted by Crippen LogP contribution is -2.14. The van der Waals surface area contributed by atoms with Crippen LogP contribution >= 0.6 is 0 Å². The molecular formula is C37H39NO8. The molecule has 9 nitrogen and oxygen atoms in total. The van der Waals surface area contributed by atoms with E-state index < -0.39 is 16.8 Å². The standard InChI is InChI=1S/C37H39NO8/c1-7-8-9-10-11-12-13-38-34-19-14-17(2)24(18(3)39)33-31-25(19)30-26(35(34)42)20(40)15-22(44-4)28(30)29-23(45-5)16-21(41)27(32(29)31)36(43)37(33)46-6/h14-16,24,38,42-43H,7-13H2,1-6H3. The lowest BCUT2D eigenvalue weighted by molar-refractivity contribution is -0.117. The monoisotopic (exact) mass is 625 g/mol. The third-order valence-electron chi connectivity index (χ3n) is 9.49. The number of aromatic hydroxyl groups is 2. The van der Waals surface area contributed by atoms with Crippen LogP contribution in [0.4, 0.5) is 5.69 Å². The Kier molecular flexibility index (Phi) is 8.04. The Hall–Kier alpha value is -4.79. The van der Waals surface area contributed by atoms with Gasteiger partial charge in [0.1, 0.15) is 17.3 Å². The van der Waals surface area contributed by atoms with Gasteiger partial charge in [-0.3, -0.25) is 14.4 Å². The number of carbonyl (C=O) groups is 1. The maximum absolute atomic E-state index is 13.8. The molecule has 9 heteroatoms. The number of ether oxygens (including phenoxy) is 3. The zero-order valence-corrected chi connectivity index (χ0v) is 27.1. The summed E-state index contributed by atoms with van der Waals surface area (Å²) in [6, 6.07) is 2.60. The molecule has 1 aliphatic rings. The number of nitrogens with one attached hydrogen (secondary N) is 1. The second-order valence-corrected chi connectivity index (χ2v) is 12.2. The number of Topliss-reactive ketones (excluding diaryl/α,β-unsaturated/α-hetero) is 1. The van der Waals surface area contributed by atoms with Gasteiger partial charge in [0, 0.05) is 56.7 Å². The molecule has 0 fully saturated rings. The van der Waals surface area contributed by atoms with Crippen molar-refractivity contribution in [2.75, 3.05) is 33.2 Å². The quantitative estimate of drug-likeness (QED) is 0.0570. The summed E-state index contributed by atoms with van der Waals surface area (Å²) < 4.78 is 17.3. The van der Waals surface area contributed by atoms with Crippen LogP contribution in [0.15, 0.2) is 27.3 Å². The third-order valence-corrected chi connectivity index (χ3v) is 9.49. The fourth-order valence-corrected chi connectivity index (χ4v) is 7.57. The molecule has 1 unspecified atom stereocenters. The van der Waals surface area contributed by atoms with Gasteiger partial charge in [-0.05, 0) is 25.7 Å². The molecule has 0 spiro atoms. The minimum Gasteiger partial charge on any atom is -0.505 e. The topological polar surface area (TPSA) is 131 Å². The highest BCUT2D eigenvalue weighted by Crippen LogP contribution is 2.58. The average Bonchev–Trinajstić information content (AvgIpc) is 3.15. The molecule has 5 aromatic carbocycles. The molecule has 0 bridgehead atoms. The lowest BCUT2D eigenvalue weighted by atomic mass is 9.80. The SMILES string of the molecule is CCCCCCCCNc1c(O)c2c(=O)cc(OC)c3c4c(OC)cc(=O)c5c(O)c(OC)c6c(c(c1C=C(C)C6C(C)=O)c23)c54. The van der Waals surface area contributed by atoms with Crippen LogP contribution in [0.3, 0.4) is 0 Å². The zero-order valence-electron chi connectivity index (χ0n) is 27.1. The van der Waals surface area contributed by atoms with Crippen molar-refractivity contribution < 1.29 is 29.2 Å². The molecule has 240 valence electrons. The van der Waals surface area contributed by atoms with E-state index >= 15 is 0 Å². The smallest absolute Gasteiger partial charge is 0.194 e. The summed E-state index contributed by atoms with van der Waals surface area (Å²) in [6.45, 7) is 6.02. The van der Waals surface area contributed by atoms with Gasteiger partial charge >= 0.3 is 0 Å². The summed E-state index contributed by atoms with van der Waals surface area (Å²) in [5, 5.41) is 29.8. The summed E-state index contributed by atoms with van der Waals surface area (Å²) in [6.07, 6.45) is 8.34. The van der Waals surface area contributed by atoms with Crippen molar-refractivity contribution in [1.82, 2.24) is 0 Å². The van der Waals surface area contributed by atoms with Crippen molar-refractivity contribution in [2.24, 2.45) is 0 Å². The van der Waals surface area contributed by atoms with E-state index in [9.17, 15) is 24.6 Å². The predicted molar refractivity (Wildman–Crippen MR) is 183 cm³/mol. The second-order valence-electron chi connectivity index (χ2n) is 12.2. The predicted octanol–water partition coefficient (Wildman–Crippen LogP) is 7.19. The number of phenols is 2. The number of unbranched alkanes of at least 4 members (excludes halogenated alkanes) is 5. The summed E-state index contributed by atoms with van der Waals surface area (Å²) in [4.78, 5) is 41.0. The molecule has 3 N–H and O–H groups in total. The second kappa shape index (κ2) is 11.9. The number of hydrogen-bond donors (Lipinski definition) is 3. The number of rotatable bonds is 12. The van der Waals surface area contributed by atoms with Crippen LogP contribution < -0.4 is 30.4 Å². The molecule has 0 radical (unpaired) electrons. The summed E-state index contributed by atoms with van der Waals surface area (Å²) in [7, 11) is 4.26. The molecule has 0 saturated heterocycles. The Morgan fingerprint density at radius 3 is 1.89 bits per heavy atom. The highest BCUT2D eigenvalue weighted by atomic mass is 16.5. The van der Waals surface area contributed by atoms with Gasteiger partial charge in [0.05, 0.1) is 43.7 Å². The molecule has 46 heavy (non-hydrogen) atoms. The summed E-state index contributed by atoms with van der Waals surface area (Å²) in [5.41, 5.74) is 1.03. The number of phenolic OH excluding ortho intramolecular Hbond substituents is 2. The van der Waals surface area contributed by atoms with Gasteiger partial charge in [-0.15, -0.1) is 0 Å². The number of hydrogen-bond acceptors (Lipinski definition) is 9. The maximum Gasteiger partial charge on any atom is 0.194 e. The van der Waals surface area contributed by atoms with E-state index in [0.717, 1.165) is 32.1 Å². The van der Waals surface area contributed by atoms with Gasteiger partial charge in [0.25, 0.3) is 0 Å². The van der Waals surface area contributed by atoms with Crippen molar-refractivity contribution in [2.45, 2.75) is 65.2 Å². The molecule has 0 aliphatic heterocycles. The highest BCUT2D eigenvalue weighted by molar-refractivity contribution is 6.40. The van der Waals surface area contributed by atoms with Gasteiger partial charge in [-0.25, -0.2) is 0 Å². The van der Waals surface area contributed by atoms with E-state index in [-0.39, 0.29) is 45.3 Å². The first-order chi connectivity index (χ1) is 22.1. The van der Waals surface area contributed by atoms with Gasteiger partial charge in [-0.2, -0.15) is 0 Å². The Balaban J connectivity index is 1.87. The van der Waals surface area contributed by atoms with Crippen molar-refractivity contribution in [1.29, 1.82) is 0 Å². The van der Waals surface area contributed by atoms with Crippen molar-refractivity contribution in [3.05, 3.63) is 49.3 Å². The number of anilines is 1. The molecule has 0 aromatic heterocycles. The van der Waals surface area contributed by atoms with Crippen LogP contribution in [-0.4, -0.2) is 43.9 Å². The van der Waals surface area contributed by atoms with E-state index in [2.05, 4.69) is 12.2 Å². The molecule has 0 amide bonds. The summed E-state index contributed by atoms with van der Waals surface area (Å²) in [5.74, 6) is -1.22. The number of ketones is 1. The van der Waals surface area contributed by atoms with Crippen LogP contribution in [0.2, 0.25) is 0 Å². The normalized spacial score (nSPS) is 14.4. The van der Waals surface area contributed by atoms with Crippen molar-refractivity contribution in [3.63, 3.8) is 0 Å². The van der Waals surface area contributed by atoms with Gasteiger partial charge in [0.15, 0.2) is 28.1 Å². The number of carbonyl (C=O) groups excluding carboxylic acids is 1. The third kappa shape index (κ3) is 4.39. The van der Waals surface area contributed by atoms with Crippen molar-refractivity contribution in [3.8, 4) is 28.7 Å².